The molecule has 0 bridgehead atoms. The highest BCUT2D eigenvalue weighted by Crippen LogP contribution is 2.25. The van der Waals surface area contributed by atoms with Crippen molar-refractivity contribution in [2.45, 2.75) is 53.4 Å². The van der Waals surface area contributed by atoms with E-state index in [4.69, 9.17) is 4.74 Å². The van der Waals surface area contributed by atoms with Gasteiger partial charge >= 0.3 is 5.97 Å². The van der Waals surface area contributed by atoms with Crippen LogP contribution in [-0.4, -0.2) is 13.1 Å². The van der Waals surface area contributed by atoms with E-state index in [1.807, 2.05) is 13.8 Å². The zero-order valence-electron chi connectivity index (χ0n) is 10.7. The second kappa shape index (κ2) is 6.65. The number of carbonyl (C=O) groups excluding carboxylic acids is 1. The van der Waals surface area contributed by atoms with Gasteiger partial charge in [0.2, 0.25) is 0 Å². The van der Waals surface area contributed by atoms with Gasteiger partial charge in [-0.2, -0.15) is 0 Å². The summed E-state index contributed by atoms with van der Waals surface area (Å²) in [6.45, 7) is 8.18. The summed E-state index contributed by atoms with van der Waals surface area (Å²) >= 11 is 0. The van der Waals surface area contributed by atoms with Crippen LogP contribution in [0, 0.1) is 5.41 Å². The molecular weight excluding hydrogens is 188 g/mol. The first kappa shape index (κ1) is 14.2. The largest absolute Gasteiger partial charge is 0.469 e. The summed E-state index contributed by atoms with van der Waals surface area (Å²) in [5.41, 5.74) is 1.08. The third kappa shape index (κ3) is 5.60. The predicted octanol–water partition coefficient (Wildman–Crippen LogP) is 3.71. The number of allylic oxidation sites excluding steroid dienone is 2. The lowest BCUT2D eigenvalue weighted by Crippen LogP contribution is -2.25. The molecule has 0 fully saturated rings. The molecule has 2 nitrogen and oxygen atoms in total. The molecule has 0 saturated carbocycles. The van der Waals surface area contributed by atoms with E-state index in [9.17, 15) is 4.79 Å². The maximum atomic E-state index is 11.4. The van der Waals surface area contributed by atoms with Crippen molar-refractivity contribution in [2.24, 2.45) is 5.41 Å². The van der Waals surface area contributed by atoms with Crippen molar-refractivity contribution < 1.29 is 9.53 Å². The van der Waals surface area contributed by atoms with Gasteiger partial charge in [-0.15, -0.1) is 0 Å². The molecule has 0 aromatic heterocycles. The lowest BCUT2D eigenvalue weighted by molar-refractivity contribution is -0.151. The van der Waals surface area contributed by atoms with Crippen LogP contribution < -0.4 is 0 Å². The molecule has 2 heteroatoms. The van der Waals surface area contributed by atoms with Crippen LogP contribution in [-0.2, 0) is 9.53 Å². The standard InChI is InChI=1S/C13H24O2/c1-6-11(2)9-7-8-10-13(3,4)12(14)15-5/h9H,6-8,10H2,1-5H3/b11-9+. The topological polar surface area (TPSA) is 26.3 Å². The summed E-state index contributed by atoms with van der Waals surface area (Å²) in [7, 11) is 1.45. The number of esters is 1. The monoisotopic (exact) mass is 212 g/mol. The number of hydrogen-bond donors (Lipinski definition) is 0. The summed E-state index contributed by atoms with van der Waals surface area (Å²) in [5, 5.41) is 0. The first-order chi connectivity index (χ1) is 6.94. The summed E-state index contributed by atoms with van der Waals surface area (Å²) in [5.74, 6) is -0.112. The van der Waals surface area contributed by atoms with E-state index < -0.39 is 0 Å². The lowest BCUT2D eigenvalue weighted by Gasteiger charge is -2.20. The van der Waals surface area contributed by atoms with Gasteiger partial charge in [0.1, 0.15) is 0 Å². The molecule has 0 aromatic carbocycles. The molecule has 0 aliphatic rings. The van der Waals surface area contributed by atoms with Crippen molar-refractivity contribution in [2.75, 3.05) is 7.11 Å². The van der Waals surface area contributed by atoms with E-state index in [0.29, 0.717) is 0 Å². The van der Waals surface area contributed by atoms with Gasteiger partial charge in [0.25, 0.3) is 0 Å². The van der Waals surface area contributed by atoms with Crippen LogP contribution in [0.15, 0.2) is 11.6 Å². The summed E-state index contributed by atoms with van der Waals surface area (Å²) < 4.78 is 4.76. The smallest absolute Gasteiger partial charge is 0.311 e. The Balaban J connectivity index is 3.90. The van der Waals surface area contributed by atoms with Gasteiger partial charge in [-0.25, -0.2) is 0 Å². The lowest BCUT2D eigenvalue weighted by atomic mass is 9.87. The van der Waals surface area contributed by atoms with E-state index in [-0.39, 0.29) is 11.4 Å². The fourth-order valence-corrected chi connectivity index (χ4v) is 1.42. The van der Waals surface area contributed by atoms with Gasteiger partial charge < -0.3 is 4.74 Å². The van der Waals surface area contributed by atoms with Gasteiger partial charge in [0.15, 0.2) is 0 Å². The van der Waals surface area contributed by atoms with Crippen molar-refractivity contribution >= 4 is 5.97 Å². The highest BCUT2D eigenvalue weighted by Gasteiger charge is 2.27. The molecular formula is C13H24O2. The maximum absolute atomic E-state index is 11.4. The highest BCUT2D eigenvalue weighted by molar-refractivity contribution is 5.75. The number of hydrogen-bond acceptors (Lipinski definition) is 2. The predicted molar refractivity (Wildman–Crippen MR) is 63.7 cm³/mol. The molecule has 0 amide bonds. The number of unbranched alkanes of at least 4 members (excludes halogenated alkanes) is 1. The second-order valence-corrected chi connectivity index (χ2v) is 4.67. The van der Waals surface area contributed by atoms with Crippen LogP contribution in [0.2, 0.25) is 0 Å². The molecule has 0 unspecified atom stereocenters. The van der Waals surface area contributed by atoms with Crippen molar-refractivity contribution in [1.82, 2.24) is 0 Å². The van der Waals surface area contributed by atoms with E-state index >= 15 is 0 Å². The van der Waals surface area contributed by atoms with Crippen molar-refractivity contribution in [1.29, 1.82) is 0 Å². The van der Waals surface area contributed by atoms with Gasteiger partial charge in [-0.3, -0.25) is 4.79 Å². The molecule has 0 N–H and O–H groups in total. The highest BCUT2D eigenvalue weighted by atomic mass is 16.5. The molecule has 0 aliphatic heterocycles. The Morgan fingerprint density at radius 2 is 2.00 bits per heavy atom. The average molecular weight is 212 g/mol. The molecule has 0 rings (SSSR count). The Kier molecular flexibility index (Phi) is 6.30. The van der Waals surface area contributed by atoms with Gasteiger partial charge in [0, 0.05) is 0 Å². The van der Waals surface area contributed by atoms with Crippen LogP contribution in [0.5, 0.6) is 0 Å². The van der Waals surface area contributed by atoms with E-state index in [1.165, 1.54) is 12.7 Å². The molecule has 0 radical (unpaired) electrons. The van der Waals surface area contributed by atoms with Crippen molar-refractivity contribution in [3.05, 3.63) is 11.6 Å². The minimum atomic E-state index is -0.345. The minimum Gasteiger partial charge on any atom is -0.469 e. The Morgan fingerprint density at radius 1 is 1.40 bits per heavy atom. The van der Waals surface area contributed by atoms with Crippen molar-refractivity contribution in [3.8, 4) is 0 Å². The first-order valence-corrected chi connectivity index (χ1v) is 5.68. The molecule has 88 valence electrons. The van der Waals surface area contributed by atoms with Crippen molar-refractivity contribution in [3.63, 3.8) is 0 Å². The summed E-state index contributed by atoms with van der Waals surface area (Å²) in [6.07, 6.45) is 6.35. The fourth-order valence-electron chi connectivity index (χ4n) is 1.42. The Morgan fingerprint density at radius 3 is 2.47 bits per heavy atom. The van der Waals surface area contributed by atoms with Gasteiger partial charge in [-0.05, 0) is 46.5 Å². The van der Waals surface area contributed by atoms with Crippen LogP contribution in [0.3, 0.4) is 0 Å². The van der Waals surface area contributed by atoms with Crippen LogP contribution >= 0.6 is 0 Å². The zero-order valence-corrected chi connectivity index (χ0v) is 10.7. The third-order valence-electron chi connectivity index (χ3n) is 2.79. The normalized spacial score (nSPS) is 12.7. The maximum Gasteiger partial charge on any atom is 0.311 e. The van der Waals surface area contributed by atoms with Gasteiger partial charge in [-0.1, -0.05) is 18.6 Å². The second-order valence-electron chi connectivity index (χ2n) is 4.67. The number of carbonyl (C=O) groups is 1. The zero-order chi connectivity index (χ0) is 11.9. The van der Waals surface area contributed by atoms with Crippen LogP contribution in [0.4, 0.5) is 0 Å². The molecule has 0 atom stereocenters. The molecule has 0 aromatic rings. The SMILES string of the molecule is CC/C(C)=C/CCCC(C)(C)C(=O)OC. The van der Waals surface area contributed by atoms with E-state index in [2.05, 4.69) is 19.9 Å². The molecule has 0 heterocycles. The Labute approximate surface area is 93.7 Å². The van der Waals surface area contributed by atoms with E-state index in [0.717, 1.165) is 25.7 Å². The fraction of sp³-hybridized carbons (Fsp3) is 0.769. The number of methoxy groups -OCH3 is 1. The summed E-state index contributed by atoms with van der Waals surface area (Å²) in [4.78, 5) is 11.4. The molecule has 0 spiro atoms. The Bertz CT molecular complexity index is 227. The van der Waals surface area contributed by atoms with Crippen LogP contribution in [0.1, 0.15) is 53.4 Å². The van der Waals surface area contributed by atoms with E-state index in [1.54, 1.807) is 0 Å². The molecule has 0 aliphatic carbocycles. The first-order valence-electron chi connectivity index (χ1n) is 5.68. The minimum absolute atomic E-state index is 0.112. The molecule has 0 saturated heterocycles. The average Bonchev–Trinajstić information content (AvgIpc) is 2.22. The quantitative estimate of drug-likeness (QED) is 0.381. The number of ether oxygens (including phenoxy) is 1. The van der Waals surface area contributed by atoms with Gasteiger partial charge in [0.05, 0.1) is 12.5 Å². The Hall–Kier alpha value is -0.790. The van der Waals surface area contributed by atoms with Crippen LogP contribution in [0.25, 0.3) is 0 Å². The summed E-state index contributed by atoms with van der Waals surface area (Å²) in [6, 6.07) is 0. The number of rotatable bonds is 6. The third-order valence-corrected chi connectivity index (χ3v) is 2.79. The molecule has 15 heavy (non-hydrogen) atoms.